The van der Waals surface area contributed by atoms with Crippen LogP contribution in [0.3, 0.4) is 0 Å². The number of thioether (sulfide) groups is 2. The van der Waals surface area contributed by atoms with E-state index in [1.165, 1.54) is 0 Å². The van der Waals surface area contributed by atoms with Gasteiger partial charge in [0.15, 0.2) is 0 Å². The van der Waals surface area contributed by atoms with Gasteiger partial charge in [-0.3, -0.25) is 9.59 Å². The van der Waals surface area contributed by atoms with Crippen LogP contribution in [0.15, 0.2) is 0 Å². The molecule has 0 saturated carbocycles. The second-order valence-corrected chi connectivity index (χ2v) is 10.4. The van der Waals surface area contributed by atoms with E-state index < -0.39 is 5.41 Å². The standard InChI is InChI=1S/C17H29N3O2S2/c1-13-10-19(5-7-23-13)15(21)9-17(3-4-18-12-17)16(22)20-6-8-24-14(2)11-20/h13-14,18H,3-12H2,1-2H3. The minimum atomic E-state index is -0.521. The largest absolute Gasteiger partial charge is 0.341 e. The summed E-state index contributed by atoms with van der Waals surface area (Å²) in [5.41, 5.74) is -0.521. The van der Waals surface area contributed by atoms with Gasteiger partial charge >= 0.3 is 0 Å². The number of carbonyl (C=O) groups excluding carboxylic acids is 2. The van der Waals surface area contributed by atoms with Gasteiger partial charge in [-0.2, -0.15) is 23.5 Å². The van der Waals surface area contributed by atoms with Crippen LogP contribution in [0.2, 0.25) is 0 Å². The summed E-state index contributed by atoms with van der Waals surface area (Å²) >= 11 is 3.86. The quantitative estimate of drug-likeness (QED) is 0.810. The van der Waals surface area contributed by atoms with E-state index >= 15 is 0 Å². The van der Waals surface area contributed by atoms with Crippen molar-refractivity contribution in [2.45, 2.75) is 37.2 Å². The fourth-order valence-electron chi connectivity index (χ4n) is 3.94. The van der Waals surface area contributed by atoms with E-state index in [9.17, 15) is 9.59 Å². The predicted octanol–water partition coefficient (Wildman–Crippen LogP) is 1.28. The molecule has 24 heavy (non-hydrogen) atoms. The van der Waals surface area contributed by atoms with E-state index in [0.717, 1.165) is 50.7 Å². The smallest absolute Gasteiger partial charge is 0.230 e. The molecule has 0 spiro atoms. The van der Waals surface area contributed by atoms with Gasteiger partial charge < -0.3 is 15.1 Å². The van der Waals surface area contributed by atoms with E-state index in [0.29, 0.717) is 23.5 Å². The SMILES string of the molecule is CC1CN(C(=O)CC2(C(=O)N3CCSC(C)C3)CCNC2)CCS1. The van der Waals surface area contributed by atoms with Gasteiger partial charge in [0, 0.05) is 61.2 Å². The summed E-state index contributed by atoms with van der Waals surface area (Å²) in [6, 6.07) is 0. The van der Waals surface area contributed by atoms with Crippen LogP contribution < -0.4 is 5.32 Å². The Morgan fingerprint density at radius 2 is 1.71 bits per heavy atom. The van der Waals surface area contributed by atoms with Crippen molar-refractivity contribution in [3.05, 3.63) is 0 Å². The molecular formula is C17H29N3O2S2. The Kier molecular flexibility index (Phi) is 6.03. The summed E-state index contributed by atoms with van der Waals surface area (Å²) in [6.07, 6.45) is 1.15. The molecule has 3 saturated heterocycles. The monoisotopic (exact) mass is 371 g/mol. The molecule has 136 valence electrons. The normalized spacial score (nSPS) is 34.4. The van der Waals surface area contributed by atoms with Crippen molar-refractivity contribution >= 4 is 35.3 Å². The molecule has 3 unspecified atom stereocenters. The van der Waals surface area contributed by atoms with E-state index in [2.05, 4.69) is 19.2 Å². The second kappa shape index (κ2) is 7.87. The summed E-state index contributed by atoms with van der Waals surface area (Å²) in [6.45, 7) is 9.12. The third kappa shape index (κ3) is 4.05. The molecule has 7 heteroatoms. The molecule has 0 aromatic heterocycles. The van der Waals surface area contributed by atoms with Gasteiger partial charge in [0.25, 0.3) is 0 Å². The topological polar surface area (TPSA) is 52.7 Å². The number of nitrogens with zero attached hydrogens (tertiary/aromatic N) is 2. The Morgan fingerprint density at radius 1 is 1.08 bits per heavy atom. The average molecular weight is 372 g/mol. The van der Waals surface area contributed by atoms with E-state index in [1.54, 1.807) is 0 Å². The maximum absolute atomic E-state index is 13.3. The average Bonchev–Trinajstić information content (AvgIpc) is 3.04. The lowest BCUT2D eigenvalue weighted by Gasteiger charge is -2.39. The highest BCUT2D eigenvalue weighted by molar-refractivity contribution is 8.00. The summed E-state index contributed by atoms with van der Waals surface area (Å²) in [7, 11) is 0. The number of hydrogen-bond acceptors (Lipinski definition) is 5. The fourth-order valence-corrected chi connectivity index (χ4v) is 5.96. The van der Waals surface area contributed by atoms with Crippen molar-refractivity contribution in [3.8, 4) is 0 Å². The van der Waals surface area contributed by atoms with Gasteiger partial charge in [-0.15, -0.1) is 0 Å². The zero-order valence-electron chi connectivity index (χ0n) is 14.8. The van der Waals surface area contributed by atoms with Gasteiger partial charge in [-0.25, -0.2) is 0 Å². The van der Waals surface area contributed by atoms with Crippen LogP contribution in [-0.2, 0) is 9.59 Å². The minimum Gasteiger partial charge on any atom is -0.341 e. The molecule has 0 aromatic rings. The molecule has 0 aliphatic carbocycles. The molecule has 2 amide bonds. The number of carbonyl (C=O) groups is 2. The maximum atomic E-state index is 13.3. The molecule has 3 rings (SSSR count). The third-order valence-corrected chi connectivity index (χ3v) is 7.58. The lowest BCUT2D eigenvalue weighted by Crippen LogP contribution is -2.52. The first-order chi connectivity index (χ1) is 11.5. The van der Waals surface area contributed by atoms with Crippen molar-refractivity contribution in [1.82, 2.24) is 15.1 Å². The van der Waals surface area contributed by atoms with Crippen LogP contribution in [-0.4, -0.2) is 82.9 Å². The van der Waals surface area contributed by atoms with Crippen LogP contribution in [0.5, 0.6) is 0 Å². The van der Waals surface area contributed by atoms with Crippen molar-refractivity contribution < 1.29 is 9.59 Å². The highest BCUT2D eigenvalue weighted by atomic mass is 32.2. The van der Waals surface area contributed by atoms with E-state index in [1.807, 2.05) is 33.3 Å². The molecule has 3 aliphatic heterocycles. The van der Waals surface area contributed by atoms with Crippen LogP contribution in [0.1, 0.15) is 26.7 Å². The van der Waals surface area contributed by atoms with Gasteiger partial charge in [0.05, 0.1) is 5.41 Å². The van der Waals surface area contributed by atoms with Crippen molar-refractivity contribution in [2.75, 3.05) is 50.8 Å². The molecular weight excluding hydrogens is 342 g/mol. The molecule has 3 atom stereocenters. The summed E-state index contributed by atoms with van der Waals surface area (Å²) in [5, 5.41) is 4.32. The van der Waals surface area contributed by atoms with Crippen LogP contribution >= 0.6 is 23.5 Å². The van der Waals surface area contributed by atoms with Gasteiger partial charge in [0.1, 0.15) is 0 Å². The van der Waals surface area contributed by atoms with Crippen molar-refractivity contribution in [2.24, 2.45) is 5.41 Å². The van der Waals surface area contributed by atoms with Crippen molar-refractivity contribution in [3.63, 3.8) is 0 Å². The predicted molar refractivity (Wildman–Crippen MR) is 102 cm³/mol. The zero-order valence-corrected chi connectivity index (χ0v) is 16.4. The summed E-state index contributed by atoms with van der Waals surface area (Å²) in [4.78, 5) is 30.1. The molecule has 0 radical (unpaired) electrons. The molecule has 3 heterocycles. The number of amides is 2. The summed E-state index contributed by atoms with van der Waals surface area (Å²) in [5.74, 6) is 2.38. The second-order valence-electron chi connectivity index (χ2n) is 7.34. The Hall–Kier alpha value is -0.400. The number of hydrogen-bond donors (Lipinski definition) is 1. The number of nitrogens with one attached hydrogen (secondary N) is 1. The third-order valence-electron chi connectivity index (χ3n) is 5.31. The Balaban J connectivity index is 1.68. The number of rotatable bonds is 3. The van der Waals surface area contributed by atoms with Gasteiger partial charge in [0.2, 0.25) is 11.8 Å². The minimum absolute atomic E-state index is 0.165. The Morgan fingerprint density at radius 3 is 2.29 bits per heavy atom. The first-order valence-corrected chi connectivity index (χ1v) is 11.1. The Labute approximate surface area is 153 Å². The van der Waals surface area contributed by atoms with Crippen LogP contribution in [0.4, 0.5) is 0 Å². The highest BCUT2D eigenvalue weighted by Crippen LogP contribution is 2.35. The summed E-state index contributed by atoms with van der Waals surface area (Å²) < 4.78 is 0. The first-order valence-electron chi connectivity index (χ1n) is 9.01. The maximum Gasteiger partial charge on any atom is 0.230 e. The molecule has 1 N–H and O–H groups in total. The van der Waals surface area contributed by atoms with Crippen molar-refractivity contribution in [1.29, 1.82) is 0 Å². The molecule has 3 fully saturated rings. The molecule has 0 bridgehead atoms. The van der Waals surface area contributed by atoms with E-state index in [-0.39, 0.29) is 11.8 Å². The molecule has 5 nitrogen and oxygen atoms in total. The fraction of sp³-hybridized carbons (Fsp3) is 0.882. The molecule has 3 aliphatic rings. The van der Waals surface area contributed by atoms with Crippen LogP contribution in [0.25, 0.3) is 0 Å². The lowest BCUT2D eigenvalue weighted by atomic mass is 9.81. The van der Waals surface area contributed by atoms with Crippen LogP contribution in [0, 0.1) is 5.41 Å². The molecule has 0 aromatic carbocycles. The highest BCUT2D eigenvalue weighted by Gasteiger charge is 2.46. The van der Waals surface area contributed by atoms with Gasteiger partial charge in [-0.1, -0.05) is 13.8 Å². The van der Waals surface area contributed by atoms with E-state index in [4.69, 9.17) is 0 Å². The van der Waals surface area contributed by atoms with Gasteiger partial charge in [-0.05, 0) is 13.0 Å². The Bertz CT molecular complexity index is 482. The lowest BCUT2D eigenvalue weighted by molar-refractivity contribution is -0.147. The zero-order chi connectivity index (χ0) is 17.2. The first kappa shape index (κ1) is 18.4.